The normalized spacial score (nSPS) is 24.7. The highest BCUT2D eigenvalue weighted by Crippen LogP contribution is 2.50. The molecule has 0 atom stereocenters. The Morgan fingerprint density at radius 1 is 1.14 bits per heavy atom. The first-order valence-corrected chi connectivity index (χ1v) is 5.26. The third-order valence-corrected chi connectivity index (χ3v) is 3.61. The minimum absolute atomic E-state index is 0.0625. The molecule has 0 aromatic rings. The van der Waals surface area contributed by atoms with Gasteiger partial charge in [-0.05, 0) is 24.8 Å². The van der Waals surface area contributed by atoms with Crippen LogP contribution in [0, 0.1) is 5.41 Å². The summed E-state index contributed by atoms with van der Waals surface area (Å²) in [6.07, 6.45) is 8.92. The van der Waals surface area contributed by atoms with Crippen molar-refractivity contribution in [3.8, 4) is 0 Å². The van der Waals surface area contributed by atoms with E-state index in [4.69, 9.17) is 0 Å². The second-order valence-corrected chi connectivity index (χ2v) is 4.34. The molecule has 0 N–H and O–H groups in total. The number of hydrogen-bond acceptors (Lipinski definition) is 1. The zero-order valence-corrected chi connectivity index (χ0v) is 8.51. The van der Waals surface area contributed by atoms with E-state index in [1.807, 2.05) is 6.08 Å². The predicted octanol–water partition coefficient (Wildman–Crippen LogP) is 3.19. The molecule has 74 valence electrons. The van der Waals surface area contributed by atoms with Crippen molar-refractivity contribution in [1.82, 2.24) is 0 Å². The molecular weight excluding hydrogens is 172 g/mol. The molecule has 0 aliphatic heterocycles. The maximum absolute atomic E-state index is 12.2. The van der Waals surface area contributed by atoms with Gasteiger partial charge in [0.25, 0.3) is 0 Å². The Morgan fingerprint density at radius 2 is 1.79 bits per heavy atom. The van der Waals surface area contributed by atoms with Crippen LogP contribution in [0.3, 0.4) is 0 Å². The topological polar surface area (TPSA) is 17.1 Å². The predicted molar refractivity (Wildman–Crippen MR) is 57.9 cm³/mol. The van der Waals surface area contributed by atoms with Gasteiger partial charge in [0.15, 0.2) is 5.78 Å². The number of carbonyl (C=O) groups is 1. The molecular formula is C13H16O. The molecule has 0 bridgehead atoms. The Labute approximate surface area is 85.2 Å². The molecule has 1 heteroatoms. The molecule has 0 aromatic carbocycles. The van der Waals surface area contributed by atoms with Crippen LogP contribution < -0.4 is 0 Å². The zero-order chi connectivity index (χ0) is 10.2. The Morgan fingerprint density at radius 3 is 2.21 bits per heavy atom. The van der Waals surface area contributed by atoms with E-state index >= 15 is 0 Å². The van der Waals surface area contributed by atoms with Crippen molar-refractivity contribution in [2.75, 3.05) is 0 Å². The van der Waals surface area contributed by atoms with Gasteiger partial charge >= 0.3 is 0 Å². The lowest BCUT2D eigenvalue weighted by atomic mass is 9.81. The Balaban J connectivity index is 2.37. The second-order valence-electron chi connectivity index (χ2n) is 4.34. The number of allylic oxidation sites excluding steroid dienone is 4. The third-order valence-electron chi connectivity index (χ3n) is 3.61. The van der Waals surface area contributed by atoms with E-state index in [1.165, 1.54) is 12.8 Å². The minimum Gasteiger partial charge on any atom is -0.294 e. The molecule has 1 spiro atoms. The summed E-state index contributed by atoms with van der Waals surface area (Å²) in [5, 5.41) is 0. The second kappa shape index (κ2) is 3.23. The Bertz CT molecular complexity index is 327. The third kappa shape index (κ3) is 1.12. The summed E-state index contributed by atoms with van der Waals surface area (Å²) in [6.45, 7) is 7.49. The fourth-order valence-electron chi connectivity index (χ4n) is 2.83. The largest absolute Gasteiger partial charge is 0.294 e. The van der Waals surface area contributed by atoms with Crippen LogP contribution in [0.15, 0.2) is 36.5 Å². The van der Waals surface area contributed by atoms with Gasteiger partial charge in [0, 0.05) is 11.0 Å². The van der Waals surface area contributed by atoms with Crippen molar-refractivity contribution in [3.05, 3.63) is 36.5 Å². The molecule has 0 amide bonds. The maximum atomic E-state index is 12.2. The fourth-order valence-corrected chi connectivity index (χ4v) is 2.83. The highest BCUT2D eigenvalue weighted by molar-refractivity contribution is 6.06. The van der Waals surface area contributed by atoms with Gasteiger partial charge in [-0.25, -0.2) is 0 Å². The van der Waals surface area contributed by atoms with Gasteiger partial charge in [0.2, 0.25) is 0 Å². The molecule has 2 rings (SSSR count). The smallest absolute Gasteiger partial charge is 0.169 e. The van der Waals surface area contributed by atoms with Crippen molar-refractivity contribution >= 4 is 5.78 Å². The molecule has 0 aromatic heterocycles. The van der Waals surface area contributed by atoms with Gasteiger partial charge in [-0.15, -0.1) is 0 Å². The average molecular weight is 188 g/mol. The van der Waals surface area contributed by atoms with Crippen LogP contribution in [-0.2, 0) is 4.79 Å². The van der Waals surface area contributed by atoms with Crippen LogP contribution in [-0.4, -0.2) is 5.78 Å². The summed E-state index contributed by atoms with van der Waals surface area (Å²) >= 11 is 0. The summed E-state index contributed by atoms with van der Waals surface area (Å²) < 4.78 is 0. The average Bonchev–Trinajstić information content (AvgIpc) is 2.76. The highest BCUT2D eigenvalue weighted by Gasteiger charge is 2.46. The molecule has 2 aliphatic rings. The van der Waals surface area contributed by atoms with Crippen LogP contribution in [0.4, 0.5) is 0 Å². The zero-order valence-electron chi connectivity index (χ0n) is 8.51. The van der Waals surface area contributed by atoms with Crippen LogP contribution in [0.25, 0.3) is 0 Å². The fraction of sp³-hybridized carbons (Fsp3) is 0.462. The molecule has 0 unspecified atom stereocenters. The van der Waals surface area contributed by atoms with Crippen LogP contribution in [0.1, 0.15) is 32.1 Å². The standard InChI is InChI=1S/C13H16O/c1-3-10-9-13(7-5-6-8-13)12(14)11(10)4-2/h3-4H,1-2,5-9H2. The first kappa shape index (κ1) is 9.45. The van der Waals surface area contributed by atoms with Gasteiger partial charge in [-0.1, -0.05) is 38.2 Å². The quantitative estimate of drug-likeness (QED) is 0.650. The number of hydrogen-bond donors (Lipinski definition) is 0. The van der Waals surface area contributed by atoms with E-state index in [1.54, 1.807) is 6.08 Å². The molecule has 1 nitrogen and oxygen atoms in total. The van der Waals surface area contributed by atoms with Crippen LogP contribution >= 0.6 is 0 Å². The van der Waals surface area contributed by atoms with E-state index in [0.717, 1.165) is 30.4 Å². The summed E-state index contributed by atoms with van der Waals surface area (Å²) in [5.41, 5.74) is 1.86. The minimum atomic E-state index is -0.0625. The van der Waals surface area contributed by atoms with E-state index in [9.17, 15) is 4.79 Å². The first-order chi connectivity index (χ1) is 6.73. The summed E-state index contributed by atoms with van der Waals surface area (Å²) in [5.74, 6) is 0.319. The van der Waals surface area contributed by atoms with Crippen LogP contribution in [0.2, 0.25) is 0 Å². The van der Waals surface area contributed by atoms with E-state index in [-0.39, 0.29) is 5.41 Å². The number of rotatable bonds is 2. The maximum Gasteiger partial charge on any atom is 0.169 e. The Hall–Kier alpha value is -1.11. The van der Waals surface area contributed by atoms with Crippen LogP contribution in [0.5, 0.6) is 0 Å². The molecule has 0 heterocycles. The SMILES string of the molecule is C=CC1=C(C=C)C(=O)C2(CCCC2)C1. The first-order valence-electron chi connectivity index (χ1n) is 5.26. The molecule has 0 saturated heterocycles. The van der Waals surface area contributed by atoms with Crippen molar-refractivity contribution in [3.63, 3.8) is 0 Å². The van der Waals surface area contributed by atoms with E-state index < -0.39 is 0 Å². The lowest BCUT2D eigenvalue weighted by Crippen LogP contribution is -2.23. The van der Waals surface area contributed by atoms with Crippen molar-refractivity contribution in [1.29, 1.82) is 0 Å². The lowest BCUT2D eigenvalue weighted by Gasteiger charge is -2.20. The molecule has 0 radical (unpaired) electrons. The van der Waals surface area contributed by atoms with Gasteiger partial charge in [-0.2, -0.15) is 0 Å². The number of ketones is 1. The summed E-state index contributed by atoms with van der Waals surface area (Å²) in [4.78, 5) is 12.2. The van der Waals surface area contributed by atoms with Gasteiger partial charge in [0.05, 0.1) is 0 Å². The molecule has 1 fully saturated rings. The van der Waals surface area contributed by atoms with E-state index in [0.29, 0.717) is 5.78 Å². The molecule has 2 aliphatic carbocycles. The highest BCUT2D eigenvalue weighted by atomic mass is 16.1. The summed E-state index contributed by atoms with van der Waals surface area (Å²) in [7, 11) is 0. The van der Waals surface area contributed by atoms with Gasteiger partial charge < -0.3 is 0 Å². The van der Waals surface area contributed by atoms with E-state index in [2.05, 4.69) is 13.2 Å². The number of carbonyl (C=O) groups excluding carboxylic acids is 1. The molecule has 1 saturated carbocycles. The van der Waals surface area contributed by atoms with Gasteiger partial charge in [-0.3, -0.25) is 4.79 Å². The molecule has 14 heavy (non-hydrogen) atoms. The lowest BCUT2D eigenvalue weighted by molar-refractivity contribution is -0.123. The Kier molecular flexibility index (Phi) is 2.18. The van der Waals surface area contributed by atoms with Crippen molar-refractivity contribution in [2.24, 2.45) is 5.41 Å². The van der Waals surface area contributed by atoms with Gasteiger partial charge in [0.1, 0.15) is 0 Å². The van der Waals surface area contributed by atoms with Crippen molar-refractivity contribution in [2.45, 2.75) is 32.1 Å². The van der Waals surface area contributed by atoms with Crippen molar-refractivity contribution < 1.29 is 4.79 Å². The number of Topliss-reactive ketones (excluding diaryl/α,β-unsaturated/α-hetero) is 1. The summed E-state index contributed by atoms with van der Waals surface area (Å²) in [6, 6.07) is 0. The monoisotopic (exact) mass is 188 g/mol.